The molecule has 2 aromatic heterocycles. The van der Waals surface area contributed by atoms with Crippen LogP contribution in [0.5, 0.6) is 0 Å². The maximum atomic E-state index is 4.27. The molecule has 0 aliphatic rings. The molecule has 0 saturated heterocycles. The zero-order valence-corrected chi connectivity index (χ0v) is 13.6. The molecule has 2 aromatic rings. The summed E-state index contributed by atoms with van der Waals surface area (Å²) in [7, 11) is 1.84. The van der Waals surface area contributed by atoms with Crippen molar-refractivity contribution in [1.29, 1.82) is 0 Å². The quantitative estimate of drug-likeness (QED) is 0.871. The van der Waals surface area contributed by atoms with E-state index >= 15 is 0 Å². The largest absolute Gasteiger partial charge is 0.372 e. The van der Waals surface area contributed by atoms with E-state index in [1.165, 1.54) is 9.75 Å². The maximum Gasteiger partial charge on any atom is 0.146 e. The van der Waals surface area contributed by atoms with Gasteiger partial charge in [0.05, 0.1) is 0 Å². The summed E-state index contributed by atoms with van der Waals surface area (Å²) in [6, 6.07) is 4.66. The zero-order chi connectivity index (χ0) is 13.8. The molecule has 0 aromatic carbocycles. The Morgan fingerprint density at radius 1 is 1.32 bits per heavy atom. The molecule has 0 radical (unpaired) electrons. The average molecular weight is 341 g/mol. The Kier molecular flexibility index (Phi) is 4.76. The normalized spacial score (nSPS) is 12.2. The Bertz CT molecular complexity index is 555. The third-order valence-electron chi connectivity index (χ3n) is 2.71. The van der Waals surface area contributed by atoms with Crippen molar-refractivity contribution >= 4 is 38.9 Å². The number of halogens is 1. The molecule has 4 nitrogen and oxygen atoms in total. The topological polar surface area (TPSA) is 49.8 Å². The van der Waals surface area contributed by atoms with E-state index in [0.29, 0.717) is 6.04 Å². The molecule has 2 heterocycles. The van der Waals surface area contributed by atoms with E-state index in [1.54, 1.807) is 6.33 Å². The van der Waals surface area contributed by atoms with Crippen molar-refractivity contribution in [3.63, 3.8) is 0 Å². The van der Waals surface area contributed by atoms with Crippen molar-refractivity contribution in [1.82, 2.24) is 9.97 Å². The Morgan fingerprint density at radius 2 is 2.05 bits per heavy atom. The smallest absolute Gasteiger partial charge is 0.146 e. The molecule has 6 heteroatoms. The highest BCUT2D eigenvalue weighted by molar-refractivity contribution is 9.10. The highest BCUT2D eigenvalue weighted by Gasteiger charge is 2.11. The van der Waals surface area contributed by atoms with E-state index in [2.05, 4.69) is 62.5 Å². The first kappa shape index (κ1) is 14.3. The van der Waals surface area contributed by atoms with Crippen LogP contribution in [0.3, 0.4) is 0 Å². The highest BCUT2D eigenvalue weighted by atomic mass is 79.9. The van der Waals surface area contributed by atoms with Crippen molar-refractivity contribution in [2.24, 2.45) is 0 Å². The first-order valence-corrected chi connectivity index (χ1v) is 7.71. The van der Waals surface area contributed by atoms with Gasteiger partial charge >= 0.3 is 0 Å². The molecule has 0 aliphatic carbocycles. The number of anilines is 2. The van der Waals surface area contributed by atoms with Crippen LogP contribution in [0.4, 0.5) is 11.6 Å². The maximum absolute atomic E-state index is 4.27. The van der Waals surface area contributed by atoms with Gasteiger partial charge in [0, 0.05) is 29.3 Å². The standard InChI is InChI=1S/C13H17BrN4S/c1-8(6-10-5-4-9(2)19-10)18-13-11(14)12(15-3)16-7-17-13/h4-5,7-8H,6H2,1-3H3,(H2,15,16,17,18). The summed E-state index contributed by atoms with van der Waals surface area (Å²) in [5, 5.41) is 6.44. The predicted molar refractivity (Wildman–Crippen MR) is 85.1 cm³/mol. The van der Waals surface area contributed by atoms with Gasteiger partial charge in [0.1, 0.15) is 22.4 Å². The summed E-state index contributed by atoms with van der Waals surface area (Å²) in [6.45, 7) is 4.29. The molecule has 2 N–H and O–H groups in total. The van der Waals surface area contributed by atoms with Gasteiger partial charge in [0.15, 0.2) is 0 Å². The van der Waals surface area contributed by atoms with E-state index in [-0.39, 0.29) is 0 Å². The lowest BCUT2D eigenvalue weighted by molar-refractivity contribution is 0.792. The minimum atomic E-state index is 0.314. The van der Waals surface area contributed by atoms with E-state index in [1.807, 2.05) is 18.4 Å². The molecule has 0 aliphatic heterocycles. The Morgan fingerprint density at radius 3 is 2.68 bits per heavy atom. The molecule has 0 spiro atoms. The van der Waals surface area contributed by atoms with Crippen molar-refractivity contribution in [3.8, 4) is 0 Å². The average Bonchev–Trinajstić information content (AvgIpc) is 2.77. The Balaban J connectivity index is 2.04. The van der Waals surface area contributed by atoms with E-state index in [9.17, 15) is 0 Å². The van der Waals surface area contributed by atoms with Crippen LogP contribution in [0.15, 0.2) is 22.9 Å². The third kappa shape index (κ3) is 3.67. The number of hydrogen-bond donors (Lipinski definition) is 2. The second-order valence-electron chi connectivity index (χ2n) is 4.40. The Hall–Kier alpha value is -1.14. The lowest BCUT2D eigenvalue weighted by atomic mass is 10.2. The molecular weight excluding hydrogens is 324 g/mol. The second kappa shape index (κ2) is 6.34. The van der Waals surface area contributed by atoms with Gasteiger partial charge in [0.2, 0.25) is 0 Å². The Labute approximate surface area is 125 Å². The van der Waals surface area contributed by atoms with E-state index < -0.39 is 0 Å². The van der Waals surface area contributed by atoms with Gasteiger partial charge in [0.25, 0.3) is 0 Å². The summed E-state index contributed by atoms with van der Waals surface area (Å²) < 4.78 is 0.867. The molecule has 0 fully saturated rings. The lowest BCUT2D eigenvalue weighted by Gasteiger charge is -2.15. The van der Waals surface area contributed by atoms with Gasteiger partial charge in [-0.15, -0.1) is 11.3 Å². The summed E-state index contributed by atoms with van der Waals surface area (Å²) in [6.07, 6.45) is 2.55. The van der Waals surface area contributed by atoms with Gasteiger partial charge in [-0.05, 0) is 41.9 Å². The molecule has 0 bridgehead atoms. The van der Waals surface area contributed by atoms with Crippen molar-refractivity contribution in [3.05, 3.63) is 32.7 Å². The number of rotatable bonds is 5. The van der Waals surface area contributed by atoms with Crippen LogP contribution in [-0.2, 0) is 6.42 Å². The lowest BCUT2D eigenvalue weighted by Crippen LogP contribution is -2.19. The fourth-order valence-corrected chi connectivity index (χ4v) is 3.36. The number of nitrogens with zero attached hydrogens (tertiary/aromatic N) is 2. The van der Waals surface area contributed by atoms with E-state index in [4.69, 9.17) is 0 Å². The molecule has 19 heavy (non-hydrogen) atoms. The molecule has 1 unspecified atom stereocenters. The molecule has 0 saturated carbocycles. The highest BCUT2D eigenvalue weighted by Crippen LogP contribution is 2.27. The van der Waals surface area contributed by atoms with Gasteiger partial charge < -0.3 is 10.6 Å². The molecule has 0 amide bonds. The number of aromatic nitrogens is 2. The van der Waals surface area contributed by atoms with Crippen molar-refractivity contribution in [2.45, 2.75) is 26.3 Å². The number of hydrogen-bond acceptors (Lipinski definition) is 5. The van der Waals surface area contributed by atoms with Crippen LogP contribution < -0.4 is 10.6 Å². The first-order valence-electron chi connectivity index (χ1n) is 6.10. The van der Waals surface area contributed by atoms with Crippen LogP contribution >= 0.6 is 27.3 Å². The zero-order valence-electron chi connectivity index (χ0n) is 11.2. The second-order valence-corrected chi connectivity index (χ2v) is 6.56. The SMILES string of the molecule is CNc1ncnc(NC(C)Cc2ccc(C)s2)c1Br. The minimum absolute atomic E-state index is 0.314. The predicted octanol–water partition coefficient (Wildman–Crippen LogP) is 3.69. The monoisotopic (exact) mass is 340 g/mol. The van der Waals surface area contributed by atoms with Gasteiger partial charge in [-0.1, -0.05) is 0 Å². The van der Waals surface area contributed by atoms with Crippen LogP contribution in [0.1, 0.15) is 16.7 Å². The summed E-state index contributed by atoms with van der Waals surface area (Å²) >= 11 is 5.35. The summed E-state index contributed by atoms with van der Waals surface area (Å²) in [5.74, 6) is 1.61. The minimum Gasteiger partial charge on any atom is -0.372 e. The molecule has 1 atom stereocenters. The van der Waals surface area contributed by atoms with Crippen LogP contribution in [0, 0.1) is 6.92 Å². The van der Waals surface area contributed by atoms with Crippen LogP contribution in [0.25, 0.3) is 0 Å². The van der Waals surface area contributed by atoms with Crippen molar-refractivity contribution < 1.29 is 0 Å². The molecule has 102 valence electrons. The fourth-order valence-electron chi connectivity index (χ4n) is 1.83. The van der Waals surface area contributed by atoms with Gasteiger partial charge in [-0.3, -0.25) is 0 Å². The summed E-state index contributed by atoms with van der Waals surface area (Å²) in [4.78, 5) is 11.1. The van der Waals surface area contributed by atoms with Crippen molar-refractivity contribution in [2.75, 3.05) is 17.7 Å². The van der Waals surface area contributed by atoms with E-state index in [0.717, 1.165) is 22.5 Å². The van der Waals surface area contributed by atoms with Gasteiger partial charge in [-0.25, -0.2) is 9.97 Å². The van der Waals surface area contributed by atoms with Crippen LogP contribution in [-0.4, -0.2) is 23.1 Å². The first-order chi connectivity index (χ1) is 9.10. The summed E-state index contributed by atoms with van der Waals surface area (Å²) in [5.41, 5.74) is 0. The number of thiophene rings is 1. The third-order valence-corrected chi connectivity index (χ3v) is 4.49. The number of aryl methyl sites for hydroxylation is 1. The number of nitrogens with one attached hydrogen (secondary N) is 2. The fraction of sp³-hybridized carbons (Fsp3) is 0.385. The molecular formula is C13H17BrN4S. The van der Waals surface area contributed by atoms with Gasteiger partial charge in [-0.2, -0.15) is 0 Å². The van der Waals surface area contributed by atoms with Crippen LogP contribution in [0.2, 0.25) is 0 Å². The molecule has 2 rings (SSSR count).